The van der Waals surface area contributed by atoms with E-state index in [4.69, 9.17) is 0 Å². The van der Waals surface area contributed by atoms with Gasteiger partial charge in [-0.15, -0.1) is 0 Å². The summed E-state index contributed by atoms with van der Waals surface area (Å²) in [6.45, 7) is 1.95. The number of carbonyl (C=O) groups is 1. The summed E-state index contributed by atoms with van der Waals surface area (Å²) in [5.41, 5.74) is 0.445. The lowest BCUT2D eigenvalue weighted by Gasteiger charge is -2.34. The summed E-state index contributed by atoms with van der Waals surface area (Å²) in [4.78, 5) is 14.5. The van der Waals surface area contributed by atoms with Gasteiger partial charge in [0.05, 0.1) is 0 Å². The summed E-state index contributed by atoms with van der Waals surface area (Å²) in [5, 5.41) is 2.92. The van der Waals surface area contributed by atoms with Gasteiger partial charge < -0.3 is 10.1 Å². The molecule has 0 aliphatic carbocycles. The molecule has 1 aliphatic heterocycles. The van der Waals surface area contributed by atoms with E-state index in [0.29, 0.717) is 18.2 Å². The molecule has 1 amide bonds. The summed E-state index contributed by atoms with van der Waals surface area (Å²) in [5.74, 6) is -0.138. The summed E-state index contributed by atoms with van der Waals surface area (Å²) < 4.78 is 28.4. The highest BCUT2D eigenvalue weighted by Gasteiger charge is 2.21. The molecule has 1 heterocycles. The van der Waals surface area contributed by atoms with Crippen LogP contribution in [0.1, 0.15) is 36.5 Å². The maximum absolute atomic E-state index is 12.1. The van der Waals surface area contributed by atoms with Gasteiger partial charge in [0, 0.05) is 18.2 Å². The number of ether oxygens (including phenoxy) is 1. The number of halogens is 2. The molecule has 0 saturated carbocycles. The van der Waals surface area contributed by atoms with Crippen LogP contribution < -0.4 is 10.1 Å². The number of likely N-dealkylation sites (tertiary alicyclic amines) is 1. The van der Waals surface area contributed by atoms with E-state index in [1.165, 1.54) is 37.1 Å². The van der Waals surface area contributed by atoms with Crippen molar-refractivity contribution in [3.05, 3.63) is 29.8 Å². The van der Waals surface area contributed by atoms with Gasteiger partial charge in [0.15, 0.2) is 0 Å². The molecule has 4 nitrogen and oxygen atoms in total. The van der Waals surface area contributed by atoms with Crippen molar-refractivity contribution >= 4 is 5.91 Å². The molecule has 1 aromatic rings. The van der Waals surface area contributed by atoms with Gasteiger partial charge in [0.1, 0.15) is 5.75 Å². The third kappa shape index (κ3) is 4.66. The molecule has 1 unspecified atom stereocenters. The van der Waals surface area contributed by atoms with Crippen molar-refractivity contribution in [2.45, 2.75) is 38.8 Å². The van der Waals surface area contributed by atoms with Gasteiger partial charge >= 0.3 is 6.61 Å². The Morgan fingerprint density at radius 1 is 1.36 bits per heavy atom. The zero-order valence-corrected chi connectivity index (χ0v) is 12.7. The first kappa shape index (κ1) is 16.7. The summed E-state index contributed by atoms with van der Waals surface area (Å²) in [7, 11) is 0. The molecule has 1 atom stereocenters. The van der Waals surface area contributed by atoms with Crippen LogP contribution in [0.15, 0.2) is 24.3 Å². The minimum absolute atomic E-state index is 0.0518. The van der Waals surface area contributed by atoms with Crippen molar-refractivity contribution in [1.29, 1.82) is 0 Å². The Labute approximate surface area is 129 Å². The molecule has 6 heteroatoms. The maximum Gasteiger partial charge on any atom is 0.387 e. The Morgan fingerprint density at radius 2 is 2.09 bits per heavy atom. The molecule has 1 saturated heterocycles. The Bertz CT molecular complexity index is 480. The number of rotatable bonds is 6. The summed E-state index contributed by atoms with van der Waals surface area (Å²) >= 11 is 0. The van der Waals surface area contributed by atoms with Crippen LogP contribution in [0, 0.1) is 0 Å². The van der Waals surface area contributed by atoms with Crippen molar-refractivity contribution in [1.82, 2.24) is 10.2 Å². The van der Waals surface area contributed by atoms with E-state index in [2.05, 4.69) is 21.9 Å². The van der Waals surface area contributed by atoms with Gasteiger partial charge in [-0.2, -0.15) is 8.78 Å². The van der Waals surface area contributed by atoms with E-state index < -0.39 is 6.61 Å². The molecule has 0 radical (unpaired) electrons. The van der Waals surface area contributed by atoms with Crippen LogP contribution in [0.4, 0.5) is 8.78 Å². The quantitative estimate of drug-likeness (QED) is 0.878. The first-order chi connectivity index (χ1) is 10.6. The minimum atomic E-state index is -2.86. The lowest BCUT2D eigenvalue weighted by Crippen LogP contribution is -2.46. The Balaban J connectivity index is 1.86. The van der Waals surface area contributed by atoms with Crippen molar-refractivity contribution in [2.24, 2.45) is 0 Å². The van der Waals surface area contributed by atoms with Crippen LogP contribution in [0.2, 0.25) is 0 Å². The van der Waals surface area contributed by atoms with Gasteiger partial charge in [-0.05, 0) is 50.2 Å². The number of nitrogens with zero attached hydrogens (tertiary/aromatic N) is 1. The van der Waals surface area contributed by atoms with Crippen LogP contribution in [0.25, 0.3) is 0 Å². The number of hydrogen-bond donors (Lipinski definition) is 1. The highest BCUT2D eigenvalue weighted by atomic mass is 19.3. The average molecular weight is 312 g/mol. The van der Waals surface area contributed by atoms with E-state index in [1.807, 2.05) is 0 Å². The van der Waals surface area contributed by atoms with Crippen LogP contribution in [-0.2, 0) is 0 Å². The molecule has 2 rings (SSSR count). The molecular formula is C16H22F2N2O2. The fourth-order valence-corrected chi connectivity index (χ4v) is 2.81. The zero-order valence-electron chi connectivity index (χ0n) is 12.7. The monoisotopic (exact) mass is 312 g/mol. The van der Waals surface area contributed by atoms with Gasteiger partial charge in [-0.1, -0.05) is 13.3 Å². The second-order valence-electron chi connectivity index (χ2n) is 5.39. The molecule has 22 heavy (non-hydrogen) atoms. The second-order valence-corrected chi connectivity index (χ2v) is 5.39. The SMILES string of the molecule is CCN1CCCCC1CNC(=O)c1ccc(OC(F)F)cc1. The predicted molar refractivity (Wildman–Crippen MR) is 80.3 cm³/mol. The smallest absolute Gasteiger partial charge is 0.387 e. The number of hydrogen-bond acceptors (Lipinski definition) is 3. The van der Waals surface area contributed by atoms with E-state index >= 15 is 0 Å². The third-order valence-electron chi connectivity index (χ3n) is 4.00. The van der Waals surface area contributed by atoms with Crippen molar-refractivity contribution in [2.75, 3.05) is 19.6 Å². The number of nitrogens with one attached hydrogen (secondary N) is 1. The largest absolute Gasteiger partial charge is 0.435 e. The first-order valence-corrected chi connectivity index (χ1v) is 7.67. The minimum Gasteiger partial charge on any atom is -0.435 e. The molecule has 1 aliphatic rings. The van der Waals surface area contributed by atoms with Crippen LogP contribution in [0.3, 0.4) is 0 Å². The summed E-state index contributed by atoms with van der Waals surface area (Å²) in [6, 6.07) is 6.11. The lowest BCUT2D eigenvalue weighted by atomic mass is 10.0. The lowest BCUT2D eigenvalue weighted by molar-refractivity contribution is -0.0498. The second kappa shape index (κ2) is 8.08. The predicted octanol–water partition coefficient (Wildman–Crippen LogP) is 2.89. The van der Waals surface area contributed by atoms with Crippen LogP contribution >= 0.6 is 0 Å². The molecule has 1 aromatic carbocycles. The van der Waals surface area contributed by atoms with Crippen molar-refractivity contribution in [3.8, 4) is 5.75 Å². The van der Waals surface area contributed by atoms with Gasteiger partial charge in [-0.3, -0.25) is 9.69 Å². The topological polar surface area (TPSA) is 41.6 Å². The number of alkyl halides is 2. The normalized spacial score (nSPS) is 19.2. The van der Waals surface area contributed by atoms with Gasteiger partial charge in [-0.25, -0.2) is 0 Å². The molecule has 1 N–H and O–H groups in total. The highest BCUT2D eigenvalue weighted by Crippen LogP contribution is 2.17. The number of benzene rings is 1. The zero-order chi connectivity index (χ0) is 15.9. The Kier molecular flexibility index (Phi) is 6.12. The van der Waals surface area contributed by atoms with Gasteiger partial charge in [0.25, 0.3) is 5.91 Å². The Morgan fingerprint density at radius 3 is 2.73 bits per heavy atom. The first-order valence-electron chi connectivity index (χ1n) is 7.67. The highest BCUT2D eigenvalue weighted by molar-refractivity contribution is 5.94. The maximum atomic E-state index is 12.1. The van der Waals surface area contributed by atoms with Crippen LogP contribution in [-0.4, -0.2) is 43.1 Å². The number of likely N-dealkylation sites (N-methyl/N-ethyl adjacent to an activating group) is 1. The van der Waals surface area contributed by atoms with Crippen molar-refractivity contribution < 1.29 is 18.3 Å². The molecular weight excluding hydrogens is 290 g/mol. The molecule has 122 valence electrons. The summed E-state index contributed by atoms with van der Waals surface area (Å²) in [6.07, 6.45) is 3.50. The molecule has 0 bridgehead atoms. The van der Waals surface area contributed by atoms with E-state index in [0.717, 1.165) is 19.5 Å². The average Bonchev–Trinajstić information content (AvgIpc) is 2.53. The number of carbonyl (C=O) groups excluding carboxylic acids is 1. The Hall–Kier alpha value is -1.69. The van der Waals surface area contributed by atoms with Crippen LogP contribution in [0.5, 0.6) is 5.75 Å². The molecule has 0 spiro atoms. The number of amides is 1. The standard InChI is InChI=1S/C16H22F2N2O2/c1-2-20-10-4-3-5-13(20)11-19-15(21)12-6-8-14(9-7-12)22-16(17)18/h6-9,13,16H,2-5,10-11H2,1H3,(H,19,21). The van der Waals surface area contributed by atoms with E-state index in [9.17, 15) is 13.6 Å². The third-order valence-corrected chi connectivity index (χ3v) is 4.00. The van der Waals surface area contributed by atoms with Crippen molar-refractivity contribution in [3.63, 3.8) is 0 Å². The number of piperidine rings is 1. The fourth-order valence-electron chi connectivity index (χ4n) is 2.81. The van der Waals surface area contributed by atoms with Gasteiger partial charge in [0.2, 0.25) is 0 Å². The van der Waals surface area contributed by atoms with E-state index in [-0.39, 0.29) is 11.7 Å². The fraction of sp³-hybridized carbons (Fsp3) is 0.562. The van der Waals surface area contributed by atoms with E-state index in [1.54, 1.807) is 0 Å². The molecule has 1 fully saturated rings. The molecule has 0 aromatic heterocycles.